The summed E-state index contributed by atoms with van der Waals surface area (Å²) in [5.41, 5.74) is 5.64. The van der Waals surface area contributed by atoms with E-state index in [-0.39, 0.29) is 12.2 Å². The highest BCUT2D eigenvalue weighted by molar-refractivity contribution is 14.1. The quantitative estimate of drug-likeness (QED) is 0.228. The van der Waals surface area contributed by atoms with Crippen LogP contribution in [-0.2, 0) is 14.3 Å². The lowest BCUT2D eigenvalue weighted by Gasteiger charge is -2.14. The minimum Gasteiger partial charge on any atom is -0.490 e. The first-order valence-corrected chi connectivity index (χ1v) is 8.77. The van der Waals surface area contributed by atoms with Crippen LogP contribution in [-0.4, -0.2) is 45.3 Å². The number of halogens is 1. The molecule has 0 aromatic heterocycles. The summed E-state index contributed by atoms with van der Waals surface area (Å²) in [6.07, 6.45) is 1.45. The van der Waals surface area contributed by atoms with Gasteiger partial charge in [0.2, 0.25) is 0 Å². The van der Waals surface area contributed by atoms with Crippen molar-refractivity contribution in [3.05, 3.63) is 26.8 Å². The first-order chi connectivity index (χ1) is 12.4. The molecule has 9 heteroatoms. The minimum atomic E-state index is -0.605. The maximum atomic E-state index is 12.0. The minimum absolute atomic E-state index is 0.0508. The van der Waals surface area contributed by atoms with Gasteiger partial charge >= 0.3 is 0 Å². The Morgan fingerprint density at radius 2 is 2.12 bits per heavy atom. The zero-order valence-corrected chi connectivity index (χ0v) is 16.7. The van der Waals surface area contributed by atoms with Crippen molar-refractivity contribution in [2.24, 2.45) is 5.73 Å². The number of hydrogen-bond acceptors (Lipinski definition) is 6. The van der Waals surface area contributed by atoms with Crippen molar-refractivity contribution in [2.45, 2.75) is 6.92 Å². The van der Waals surface area contributed by atoms with Gasteiger partial charge in [-0.15, -0.1) is 0 Å². The summed E-state index contributed by atoms with van der Waals surface area (Å²) in [4.78, 5) is 23.0. The highest BCUT2D eigenvalue weighted by Crippen LogP contribution is 2.35. The van der Waals surface area contributed by atoms with Crippen molar-refractivity contribution in [2.75, 3.05) is 33.5 Å². The van der Waals surface area contributed by atoms with Gasteiger partial charge in [-0.25, -0.2) is 0 Å². The number of nitrogens with one attached hydrogen (secondary N) is 1. The molecular formula is C17H20IN3O5. The van der Waals surface area contributed by atoms with E-state index in [1.165, 1.54) is 13.2 Å². The predicted molar refractivity (Wildman–Crippen MR) is 103 cm³/mol. The molecule has 2 amide bonds. The first kappa shape index (κ1) is 21.7. The van der Waals surface area contributed by atoms with Crippen molar-refractivity contribution in [1.82, 2.24) is 5.32 Å². The molecule has 0 saturated carbocycles. The summed E-state index contributed by atoms with van der Waals surface area (Å²) in [7, 11) is 1.52. The average molecular weight is 473 g/mol. The third-order valence-electron chi connectivity index (χ3n) is 2.96. The molecule has 0 spiro atoms. The Morgan fingerprint density at radius 3 is 2.69 bits per heavy atom. The smallest absolute Gasteiger partial charge is 0.262 e. The van der Waals surface area contributed by atoms with E-state index in [9.17, 15) is 14.9 Å². The Kier molecular flexibility index (Phi) is 9.46. The van der Waals surface area contributed by atoms with Crippen molar-refractivity contribution in [3.63, 3.8) is 0 Å². The van der Waals surface area contributed by atoms with Crippen LogP contribution in [0.25, 0.3) is 6.08 Å². The van der Waals surface area contributed by atoms with Crippen LogP contribution in [0.5, 0.6) is 11.5 Å². The molecule has 0 heterocycles. The molecule has 0 fully saturated rings. The van der Waals surface area contributed by atoms with E-state index >= 15 is 0 Å². The molecule has 0 bridgehead atoms. The van der Waals surface area contributed by atoms with Crippen molar-refractivity contribution < 1.29 is 23.8 Å². The van der Waals surface area contributed by atoms with Gasteiger partial charge in [0.05, 0.1) is 16.8 Å². The lowest BCUT2D eigenvalue weighted by Crippen LogP contribution is -2.27. The molecule has 8 nitrogen and oxygen atoms in total. The number of nitrogens with two attached hydrogens (primary N) is 1. The van der Waals surface area contributed by atoms with Crippen LogP contribution in [0.4, 0.5) is 0 Å². The fourth-order valence-electron chi connectivity index (χ4n) is 1.89. The summed E-state index contributed by atoms with van der Waals surface area (Å²) in [5.74, 6) is -0.325. The van der Waals surface area contributed by atoms with E-state index in [1.807, 2.05) is 28.7 Å². The Balaban J connectivity index is 3.13. The standard InChI is InChI=1S/C17H20IN3O5/c1-3-25-14-8-11(7-13(18)16(14)26-10-15(20)22)6-12(9-19)17(23)21-4-5-24-2/h6-8H,3-5,10H2,1-2H3,(H2,20,22)(H,21,23)/b12-6+. The van der Waals surface area contributed by atoms with Gasteiger partial charge in [0, 0.05) is 13.7 Å². The Morgan fingerprint density at radius 1 is 1.38 bits per heavy atom. The molecule has 3 N–H and O–H groups in total. The molecule has 0 aliphatic rings. The molecule has 0 aliphatic heterocycles. The number of benzene rings is 1. The van der Waals surface area contributed by atoms with Crippen LogP contribution in [0.15, 0.2) is 17.7 Å². The highest BCUT2D eigenvalue weighted by Gasteiger charge is 2.14. The summed E-state index contributed by atoms with van der Waals surface area (Å²) in [6.45, 7) is 2.55. The second kappa shape index (κ2) is 11.3. The largest absolute Gasteiger partial charge is 0.490 e. The van der Waals surface area contributed by atoms with E-state index in [2.05, 4.69) is 5.32 Å². The van der Waals surface area contributed by atoms with Crippen molar-refractivity contribution in [1.29, 1.82) is 5.26 Å². The van der Waals surface area contributed by atoms with Gasteiger partial charge in [-0.1, -0.05) is 0 Å². The molecular weight excluding hydrogens is 453 g/mol. The van der Waals surface area contributed by atoms with Gasteiger partial charge in [-0.2, -0.15) is 5.26 Å². The average Bonchev–Trinajstić information content (AvgIpc) is 2.59. The van der Waals surface area contributed by atoms with Gasteiger partial charge in [0.1, 0.15) is 11.6 Å². The highest BCUT2D eigenvalue weighted by atomic mass is 127. The number of methoxy groups -OCH3 is 1. The van der Waals surface area contributed by atoms with Gasteiger partial charge in [-0.05, 0) is 53.3 Å². The number of carbonyl (C=O) groups is 2. The summed E-state index contributed by atoms with van der Waals surface area (Å²) in [6, 6.07) is 5.21. The van der Waals surface area contributed by atoms with Crippen LogP contribution in [0.2, 0.25) is 0 Å². The number of rotatable bonds is 10. The van der Waals surface area contributed by atoms with Crippen molar-refractivity contribution >= 4 is 40.5 Å². The number of carbonyl (C=O) groups excluding carboxylic acids is 2. The van der Waals surface area contributed by atoms with Gasteiger partial charge < -0.3 is 25.3 Å². The van der Waals surface area contributed by atoms with Gasteiger partial charge in [-0.3, -0.25) is 9.59 Å². The first-order valence-electron chi connectivity index (χ1n) is 7.69. The Labute approximate surface area is 165 Å². The van der Waals surface area contributed by atoms with Crippen LogP contribution < -0.4 is 20.5 Å². The monoisotopic (exact) mass is 473 g/mol. The van der Waals surface area contributed by atoms with E-state index in [4.69, 9.17) is 19.9 Å². The van der Waals surface area contributed by atoms with Crippen LogP contribution in [0, 0.1) is 14.9 Å². The number of nitriles is 1. The number of amides is 2. The van der Waals surface area contributed by atoms with E-state index < -0.39 is 11.8 Å². The summed E-state index contributed by atoms with van der Waals surface area (Å²) >= 11 is 2.02. The lowest BCUT2D eigenvalue weighted by molar-refractivity contribution is -0.120. The SMILES string of the molecule is CCOc1cc(/C=C(\C#N)C(=O)NCCOC)cc(I)c1OCC(N)=O. The van der Waals surface area contributed by atoms with Crippen LogP contribution >= 0.6 is 22.6 Å². The molecule has 0 radical (unpaired) electrons. The molecule has 1 aromatic rings. The van der Waals surface area contributed by atoms with E-state index in [0.29, 0.717) is 40.4 Å². The molecule has 1 rings (SSSR count). The fraction of sp³-hybridized carbons (Fsp3) is 0.353. The maximum absolute atomic E-state index is 12.0. The van der Waals surface area contributed by atoms with Gasteiger partial charge in [0.15, 0.2) is 18.1 Å². The predicted octanol–water partition coefficient (Wildman–Crippen LogP) is 1.22. The zero-order chi connectivity index (χ0) is 19.5. The maximum Gasteiger partial charge on any atom is 0.262 e. The topological polar surface area (TPSA) is 124 Å². The molecule has 0 aliphatic carbocycles. The molecule has 0 atom stereocenters. The molecule has 140 valence electrons. The van der Waals surface area contributed by atoms with E-state index in [0.717, 1.165) is 0 Å². The second-order valence-corrected chi connectivity index (χ2v) is 6.10. The number of primary amides is 1. The van der Waals surface area contributed by atoms with Crippen LogP contribution in [0.3, 0.4) is 0 Å². The molecule has 1 aromatic carbocycles. The fourth-order valence-corrected chi connectivity index (χ4v) is 2.68. The Hall–Kier alpha value is -2.32. The third-order valence-corrected chi connectivity index (χ3v) is 3.76. The van der Waals surface area contributed by atoms with Crippen LogP contribution in [0.1, 0.15) is 12.5 Å². The third kappa shape index (κ3) is 6.89. The number of ether oxygens (including phenoxy) is 3. The summed E-state index contributed by atoms with van der Waals surface area (Å²) < 4.78 is 16.4. The molecule has 0 saturated heterocycles. The number of nitrogens with zero attached hydrogens (tertiary/aromatic N) is 1. The number of hydrogen-bond donors (Lipinski definition) is 2. The van der Waals surface area contributed by atoms with E-state index in [1.54, 1.807) is 19.1 Å². The molecule has 0 unspecified atom stereocenters. The normalized spacial score (nSPS) is 10.8. The van der Waals surface area contributed by atoms with Crippen molar-refractivity contribution in [3.8, 4) is 17.6 Å². The zero-order valence-electron chi connectivity index (χ0n) is 14.5. The lowest BCUT2D eigenvalue weighted by atomic mass is 10.1. The summed E-state index contributed by atoms with van der Waals surface area (Å²) in [5, 5.41) is 11.8. The Bertz CT molecular complexity index is 728. The van der Waals surface area contributed by atoms with Gasteiger partial charge in [0.25, 0.3) is 11.8 Å². The second-order valence-electron chi connectivity index (χ2n) is 4.94. The molecule has 26 heavy (non-hydrogen) atoms.